The van der Waals surface area contributed by atoms with E-state index >= 15 is 0 Å². The van der Waals surface area contributed by atoms with Crippen LogP contribution in [0.2, 0.25) is 0 Å². The highest BCUT2D eigenvalue weighted by molar-refractivity contribution is 5.70. The Morgan fingerprint density at radius 3 is 2.47 bits per heavy atom. The molecule has 0 aliphatic carbocycles. The molecule has 1 unspecified atom stereocenters. The van der Waals surface area contributed by atoms with Gasteiger partial charge in [0.2, 0.25) is 0 Å². The molecule has 0 spiro atoms. The van der Waals surface area contributed by atoms with Crippen molar-refractivity contribution in [3.63, 3.8) is 0 Å². The summed E-state index contributed by atoms with van der Waals surface area (Å²) in [5.41, 5.74) is 1.25. The number of hydrogen-bond donors (Lipinski definition) is 0. The average Bonchev–Trinajstić information content (AvgIpc) is 2.29. The number of carbonyl (C=O) groups excluding carboxylic acids is 1. The molecule has 0 radical (unpaired) electrons. The van der Waals surface area contributed by atoms with Crippen molar-refractivity contribution in [1.29, 1.82) is 0 Å². The third-order valence-corrected chi connectivity index (χ3v) is 2.75. The fraction of sp³-hybridized carbons (Fsp3) is 0.500. The van der Waals surface area contributed by atoms with Crippen LogP contribution in [0.1, 0.15) is 18.9 Å². The fourth-order valence-corrected chi connectivity index (χ4v) is 1.74. The maximum absolute atomic E-state index is 11.5. The Morgan fingerprint density at radius 2 is 1.94 bits per heavy atom. The molecule has 3 heteroatoms. The van der Waals surface area contributed by atoms with Crippen molar-refractivity contribution in [3.05, 3.63) is 35.9 Å². The zero-order valence-corrected chi connectivity index (χ0v) is 10.8. The van der Waals surface area contributed by atoms with Crippen LogP contribution in [-0.4, -0.2) is 37.6 Å². The Kier molecular flexibility index (Phi) is 5.70. The van der Waals surface area contributed by atoms with E-state index in [1.54, 1.807) is 0 Å². The molecule has 0 saturated heterocycles. The van der Waals surface area contributed by atoms with Crippen LogP contribution in [0.4, 0.5) is 0 Å². The Bertz CT molecular complexity index is 335. The lowest BCUT2D eigenvalue weighted by atomic mass is 10.0. The number of rotatable bonds is 6. The zero-order valence-electron chi connectivity index (χ0n) is 10.8. The molecule has 1 aromatic rings. The molecule has 3 nitrogen and oxygen atoms in total. The second kappa shape index (κ2) is 7.07. The number of carbonyl (C=O) groups is 1. The van der Waals surface area contributed by atoms with Crippen molar-refractivity contribution in [2.45, 2.75) is 25.8 Å². The molecule has 1 rings (SSSR count). The molecule has 17 heavy (non-hydrogen) atoms. The molecule has 0 N–H and O–H groups in total. The largest absolute Gasteiger partial charge is 0.466 e. The minimum atomic E-state index is -0.123. The van der Waals surface area contributed by atoms with Crippen LogP contribution < -0.4 is 0 Å². The topological polar surface area (TPSA) is 29.5 Å². The van der Waals surface area contributed by atoms with Crippen LogP contribution in [0.5, 0.6) is 0 Å². The van der Waals surface area contributed by atoms with Crippen LogP contribution in [0.25, 0.3) is 0 Å². The highest BCUT2D eigenvalue weighted by atomic mass is 16.5. The van der Waals surface area contributed by atoms with Gasteiger partial charge in [0, 0.05) is 6.04 Å². The molecule has 1 atom stereocenters. The average molecular weight is 235 g/mol. The first-order valence-electron chi connectivity index (χ1n) is 5.99. The Balaban J connectivity index is 2.58. The fourth-order valence-electron chi connectivity index (χ4n) is 1.74. The van der Waals surface area contributed by atoms with Crippen LogP contribution in [0.3, 0.4) is 0 Å². The monoisotopic (exact) mass is 235 g/mol. The van der Waals surface area contributed by atoms with E-state index in [1.807, 2.05) is 39.2 Å². The van der Waals surface area contributed by atoms with E-state index in [9.17, 15) is 4.79 Å². The molecular weight excluding hydrogens is 214 g/mol. The summed E-state index contributed by atoms with van der Waals surface area (Å²) in [6.07, 6.45) is 1.31. The van der Waals surface area contributed by atoms with Gasteiger partial charge in [0.1, 0.15) is 0 Å². The van der Waals surface area contributed by atoms with Gasteiger partial charge in [-0.3, -0.25) is 4.79 Å². The molecular formula is C14H21NO2. The minimum Gasteiger partial charge on any atom is -0.466 e. The van der Waals surface area contributed by atoms with E-state index in [1.165, 1.54) is 5.56 Å². The van der Waals surface area contributed by atoms with E-state index in [2.05, 4.69) is 17.0 Å². The highest BCUT2D eigenvalue weighted by Crippen LogP contribution is 2.10. The van der Waals surface area contributed by atoms with Gasteiger partial charge < -0.3 is 9.64 Å². The summed E-state index contributed by atoms with van der Waals surface area (Å²) in [7, 11) is 3.99. The first-order chi connectivity index (χ1) is 8.13. The van der Waals surface area contributed by atoms with Crippen LogP contribution in [0, 0.1) is 0 Å². The highest BCUT2D eigenvalue weighted by Gasteiger charge is 2.17. The van der Waals surface area contributed by atoms with Gasteiger partial charge in [-0.2, -0.15) is 0 Å². The summed E-state index contributed by atoms with van der Waals surface area (Å²) >= 11 is 0. The SMILES string of the molecule is CCOC(=O)CC(Cc1ccccc1)N(C)C. The van der Waals surface area contributed by atoms with Crippen molar-refractivity contribution < 1.29 is 9.53 Å². The molecule has 0 saturated carbocycles. The number of esters is 1. The van der Waals surface area contributed by atoms with E-state index < -0.39 is 0 Å². The van der Waals surface area contributed by atoms with Gasteiger partial charge in [0.25, 0.3) is 0 Å². The van der Waals surface area contributed by atoms with E-state index in [4.69, 9.17) is 4.74 Å². The van der Waals surface area contributed by atoms with Crippen molar-refractivity contribution >= 4 is 5.97 Å². The van der Waals surface area contributed by atoms with E-state index in [0.717, 1.165) is 6.42 Å². The van der Waals surface area contributed by atoms with Crippen LogP contribution >= 0.6 is 0 Å². The van der Waals surface area contributed by atoms with Crippen molar-refractivity contribution in [2.75, 3.05) is 20.7 Å². The van der Waals surface area contributed by atoms with E-state index in [0.29, 0.717) is 13.0 Å². The molecule has 0 aliphatic rings. The van der Waals surface area contributed by atoms with Gasteiger partial charge >= 0.3 is 5.97 Å². The van der Waals surface area contributed by atoms with Crippen molar-refractivity contribution in [2.24, 2.45) is 0 Å². The first kappa shape index (κ1) is 13.7. The Morgan fingerprint density at radius 1 is 1.29 bits per heavy atom. The summed E-state index contributed by atoms with van der Waals surface area (Å²) in [5, 5.41) is 0. The van der Waals surface area contributed by atoms with Gasteiger partial charge in [0.15, 0.2) is 0 Å². The Labute approximate surface area is 103 Å². The lowest BCUT2D eigenvalue weighted by Gasteiger charge is -2.23. The minimum absolute atomic E-state index is 0.123. The van der Waals surface area contributed by atoms with Gasteiger partial charge in [-0.05, 0) is 33.0 Å². The predicted molar refractivity (Wildman–Crippen MR) is 68.9 cm³/mol. The van der Waals surface area contributed by atoms with Gasteiger partial charge in [-0.15, -0.1) is 0 Å². The Hall–Kier alpha value is -1.35. The van der Waals surface area contributed by atoms with Crippen molar-refractivity contribution in [1.82, 2.24) is 4.90 Å². The third kappa shape index (κ3) is 5.00. The normalized spacial score (nSPS) is 12.5. The quantitative estimate of drug-likeness (QED) is 0.707. The summed E-state index contributed by atoms with van der Waals surface area (Å²) in [6.45, 7) is 2.28. The maximum Gasteiger partial charge on any atom is 0.307 e. The lowest BCUT2D eigenvalue weighted by Crippen LogP contribution is -2.33. The zero-order chi connectivity index (χ0) is 12.7. The predicted octanol–water partition coefficient (Wildman–Crippen LogP) is 2.11. The summed E-state index contributed by atoms with van der Waals surface area (Å²) in [6, 6.07) is 10.4. The summed E-state index contributed by atoms with van der Waals surface area (Å²) in [4.78, 5) is 13.6. The summed E-state index contributed by atoms with van der Waals surface area (Å²) < 4.78 is 4.99. The third-order valence-electron chi connectivity index (χ3n) is 2.75. The molecule has 0 fully saturated rings. The lowest BCUT2D eigenvalue weighted by molar-refractivity contribution is -0.144. The number of likely N-dealkylation sites (N-methyl/N-ethyl adjacent to an activating group) is 1. The van der Waals surface area contributed by atoms with Gasteiger partial charge in [-0.1, -0.05) is 30.3 Å². The number of benzene rings is 1. The molecule has 94 valence electrons. The molecule has 1 aromatic carbocycles. The van der Waals surface area contributed by atoms with E-state index in [-0.39, 0.29) is 12.0 Å². The number of nitrogens with zero attached hydrogens (tertiary/aromatic N) is 1. The van der Waals surface area contributed by atoms with Gasteiger partial charge in [0.05, 0.1) is 13.0 Å². The first-order valence-corrected chi connectivity index (χ1v) is 5.99. The molecule has 0 aliphatic heterocycles. The molecule has 0 bridgehead atoms. The number of ether oxygens (including phenoxy) is 1. The van der Waals surface area contributed by atoms with Crippen molar-refractivity contribution in [3.8, 4) is 0 Å². The summed E-state index contributed by atoms with van der Waals surface area (Å²) in [5.74, 6) is -0.123. The molecule has 0 aromatic heterocycles. The van der Waals surface area contributed by atoms with Gasteiger partial charge in [-0.25, -0.2) is 0 Å². The van der Waals surface area contributed by atoms with Crippen LogP contribution in [0.15, 0.2) is 30.3 Å². The molecule has 0 amide bonds. The maximum atomic E-state index is 11.5. The second-order valence-electron chi connectivity index (χ2n) is 4.32. The standard InChI is InChI=1S/C14H21NO2/c1-4-17-14(16)11-13(15(2)3)10-12-8-6-5-7-9-12/h5-9,13H,4,10-11H2,1-3H3. The van der Waals surface area contributed by atoms with Crippen LogP contribution in [-0.2, 0) is 16.0 Å². The number of hydrogen-bond acceptors (Lipinski definition) is 3. The smallest absolute Gasteiger partial charge is 0.307 e. The second-order valence-corrected chi connectivity index (χ2v) is 4.32. The molecule has 0 heterocycles.